The molecule has 1 aliphatic carbocycles. The number of methoxy groups -OCH3 is 1. The summed E-state index contributed by atoms with van der Waals surface area (Å²) in [5.74, 6) is 2.28. The van der Waals surface area contributed by atoms with Crippen molar-refractivity contribution in [3.63, 3.8) is 0 Å². The van der Waals surface area contributed by atoms with Gasteiger partial charge in [0.2, 0.25) is 0 Å². The Hall–Kier alpha value is -0.820. The fourth-order valence-electron chi connectivity index (χ4n) is 2.38. The van der Waals surface area contributed by atoms with Gasteiger partial charge in [0.15, 0.2) is 5.96 Å². The Morgan fingerprint density at radius 3 is 2.71 bits per heavy atom. The molecule has 118 valence electrons. The lowest BCUT2D eigenvalue weighted by atomic mass is 10.1. The van der Waals surface area contributed by atoms with Crippen molar-refractivity contribution in [3.05, 3.63) is 35.9 Å². The lowest BCUT2D eigenvalue weighted by Gasteiger charge is -2.10. The summed E-state index contributed by atoms with van der Waals surface area (Å²) in [7, 11) is 1.71. The second kappa shape index (κ2) is 10.00. The van der Waals surface area contributed by atoms with Gasteiger partial charge >= 0.3 is 0 Å². The van der Waals surface area contributed by atoms with Gasteiger partial charge in [-0.3, -0.25) is 4.99 Å². The van der Waals surface area contributed by atoms with Crippen LogP contribution in [-0.4, -0.2) is 39.3 Å². The molecule has 0 heterocycles. The minimum Gasteiger partial charge on any atom is -0.383 e. The van der Waals surface area contributed by atoms with Crippen molar-refractivity contribution in [1.82, 2.24) is 10.6 Å². The van der Waals surface area contributed by atoms with E-state index in [1.165, 1.54) is 12.0 Å². The van der Waals surface area contributed by atoms with Gasteiger partial charge in [0.25, 0.3) is 0 Å². The highest BCUT2D eigenvalue weighted by molar-refractivity contribution is 14.0. The van der Waals surface area contributed by atoms with E-state index in [2.05, 4.69) is 52.9 Å². The third-order valence-electron chi connectivity index (χ3n) is 3.58. The summed E-state index contributed by atoms with van der Waals surface area (Å²) in [4.78, 5) is 4.66. The Balaban J connectivity index is 0.00000220. The summed E-state index contributed by atoms with van der Waals surface area (Å²) in [6.07, 6.45) is 1.25. The zero-order valence-corrected chi connectivity index (χ0v) is 15.2. The summed E-state index contributed by atoms with van der Waals surface area (Å²) in [6, 6.07) is 10.7. The predicted octanol–water partition coefficient (Wildman–Crippen LogP) is 2.61. The maximum absolute atomic E-state index is 5.04. The number of rotatable bonds is 7. The normalized spacial score (nSPS) is 20.6. The van der Waals surface area contributed by atoms with E-state index < -0.39 is 0 Å². The molecule has 0 aliphatic heterocycles. The Labute approximate surface area is 144 Å². The zero-order chi connectivity index (χ0) is 14.2. The van der Waals surface area contributed by atoms with E-state index in [1.807, 2.05) is 0 Å². The van der Waals surface area contributed by atoms with Crippen molar-refractivity contribution in [1.29, 1.82) is 0 Å². The molecule has 0 radical (unpaired) electrons. The maximum atomic E-state index is 5.04. The van der Waals surface area contributed by atoms with Crippen molar-refractivity contribution in [3.8, 4) is 0 Å². The molecule has 4 nitrogen and oxygen atoms in total. The lowest BCUT2D eigenvalue weighted by molar-refractivity contribution is 0.203. The van der Waals surface area contributed by atoms with Crippen LogP contribution in [0, 0.1) is 5.92 Å². The standard InChI is InChI=1S/C16H25N3O.HI/c1-3-17-16(18-9-10-20-2)19-12-14-11-15(14)13-7-5-4-6-8-13;/h4-8,14-15H,3,9-12H2,1-2H3,(H2,17,18,19);1H. The molecule has 1 fully saturated rings. The van der Waals surface area contributed by atoms with Crippen LogP contribution in [0.2, 0.25) is 0 Å². The highest BCUT2D eigenvalue weighted by Gasteiger charge is 2.37. The fraction of sp³-hybridized carbons (Fsp3) is 0.562. The lowest BCUT2D eigenvalue weighted by Crippen LogP contribution is -2.39. The molecular weight excluding hydrogens is 377 g/mol. The van der Waals surface area contributed by atoms with Crippen molar-refractivity contribution in [2.75, 3.05) is 33.4 Å². The average Bonchev–Trinajstić information content (AvgIpc) is 3.25. The molecule has 0 aromatic heterocycles. The smallest absolute Gasteiger partial charge is 0.191 e. The van der Waals surface area contributed by atoms with Gasteiger partial charge in [0.1, 0.15) is 0 Å². The first-order chi connectivity index (χ1) is 9.85. The largest absolute Gasteiger partial charge is 0.383 e. The topological polar surface area (TPSA) is 45.7 Å². The van der Waals surface area contributed by atoms with Crippen LogP contribution in [0.15, 0.2) is 35.3 Å². The maximum Gasteiger partial charge on any atom is 0.191 e. The van der Waals surface area contributed by atoms with Gasteiger partial charge in [-0.05, 0) is 30.7 Å². The Morgan fingerprint density at radius 1 is 1.29 bits per heavy atom. The third kappa shape index (κ3) is 6.22. The highest BCUT2D eigenvalue weighted by atomic mass is 127. The van der Waals surface area contributed by atoms with E-state index in [0.29, 0.717) is 18.4 Å². The highest BCUT2D eigenvalue weighted by Crippen LogP contribution is 2.47. The molecule has 1 aliphatic rings. The molecule has 0 bridgehead atoms. The van der Waals surface area contributed by atoms with Crippen LogP contribution in [0.4, 0.5) is 0 Å². The number of nitrogens with one attached hydrogen (secondary N) is 2. The van der Waals surface area contributed by atoms with Gasteiger partial charge in [-0.2, -0.15) is 0 Å². The Kier molecular flexibility index (Phi) is 8.68. The van der Waals surface area contributed by atoms with Crippen LogP contribution in [-0.2, 0) is 4.74 Å². The minimum atomic E-state index is 0. The Bertz CT molecular complexity index is 425. The number of aliphatic imine (C=N–C) groups is 1. The number of hydrogen-bond donors (Lipinski definition) is 2. The van der Waals surface area contributed by atoms with E-state index in [-0.39, 0.29) is 24.0 Å². The number of ether oxygens (including phenoxy) is 1. The summed E-state index contributed by atoms with van der Waals surface area (Å²) >= 11 is 0. The molecule has 1 aromatic carbocycles. The van der Waals surface area contributed by atoms with Gasteiger partial charge in [-0.1, -0.05) is 30.3 Å². The molecule has 2 atom stereocenters. The first kappa shape index (κ1) is 18.2. The van der Waals surface area contributed by atoms with Crippen molar-refractivity contribution < 1.29 is 4.74 Å². The van der Waals surface area contributed by atoms with Gasteiger partial charge in [0, 0.05) is 26.7 Å². The van der Waals surface area contributed by atoms with Crippen LogP contribution < -0.4 is 10.6 Å². The SMILES string of the molecule is CCNC(=NCC1CC1c1ccccc1)NCCOC.I. The summed E-state index contributed by atoms with van der Waals surface area (Å²) in [5.41, 5.74) is 1.45. The Morgan fingerprint density at radius 2 is 2.05 bits per heavy atom. The molecule has 1 aromatic rings. The molecule has 0 amide bonds. The molecule has 0 saturated heterocycles. The summed E-state index contributed by atoms with van der Waals surface area (Å²) < 4.78 is 5.04. The molecule has 21 heavy (non-hydrogen) atoms. The monoisotopic (exact) mass is 403 g/mol. The van der Waals surface area contributed by atoms with Crippen LogP contribution >= 0.6 is 24.0 Å². The van der Waals surface area contributed by atoms with E-state index in [4.69, 9.17) is 4.74 Å². The minimum absolute atomic E-state index is 0. The summed E-state index contributed by atoms with van der Waals surface area (Å²) in [6.45, 7) is 5.33. The fourth-order valence-corrected chi connectivity index (χ4v) is 2.38. The molecule has 5 heteroatoms. The number of hydrogen-bond acceptors (Lipinski definition) is 2. The summed E-state index contributed by atoms with van der Waals surface area (Å²) in [5, 5.41) is 6.54. The third-order valence-corrected chi connectivity index (χ3v) is 3.58. The number of benzene rings is 1. The molecule has 0 spiro atoms. The zero-order valence-electron chi connectivity index (χ0n) is 12.8. The van der Waals surface area contributed by atoms with E-state index in [0.717, 1.165) is 25.6 Å². The molecule has 2 N–H and O–H groups in total. The first-order valence-corrected chi connectivity index (χ1v) is 7.41. The van der Waals surface area contributed by atoms with Crippen LogP contribution in [0.3, 0.4) is 0 Å². The van der Waals surface area contributed by atoms with E-state index >= 15 is 0 Å². The number of halogens is 1. The van der Waals surface area contributed by atoms with Crippen molar-refractivity contribution in [2.45, 2.75) is 19.3 Å². The average molecular weight is 403 g/mol. The van der Waals surface area contributed by atoms with E-state index in [1.54, 1.807) is 7.11 Å². The molecule has 2 rings (SSSR count). The second-order valence-electron chi connectivity index (χ2n) is 5.15. The first-order valence-electron chi connectivity index (χ1n) is 7.41. The number of guanidine groups is 1. The van der Waals surface area contributed by atoms with Gasteiger partial charge in [-0.15, -0.1) is 24.0 Å². The van der Waals surface area contributed by atoms with Gasteiger partial charge in [-0.25, -0.2) is 0 Å². The molecule has 1 saturated carbocycles. The quantitative estimate of drug-likeness (QED) is 0.319. The van der Waals surface area contributed by atoms with Gasteiger partial charge in [0.05, 0.1) is 6.61 Å². The second-order valence-corrected chi connectivity index (χ2v) is 5.15. The van der Waals surface area contributed by atoms with E-state index in [9.17, 15) is 0 Å². The predicted molar refractivity (Wildman–Crippen MR) is 98.6 cm³/mol. The van der Waals surface area contributed by atoms with Gasteiger partial charge < -0.3 is 15.4 Å². The van der Waals surface area contributed by atoms with Crippen LogP contribution in [0.5, 0.6) is 0 Å². The number of nitrogens with zero attached hydrogens (tertiary/aromatic N) is 1. The van der Waals surface area contributed by atoms with Crippen LogP contribution in [0.25, 0.3) is 0 Å². The van der Waals surface area contributed by atoms with Crippen LogP contribution in [0.1, 0.15) is 24.8 Å². The van der Waals surface area contributed by atoms with Crippen molar-refractivity contribution in [2.24, 2.45) is 10.9 Å². The molecule has 2 unspecified atom stereocenters. The van der Waals surface area contributed by atoms with Crippen molar-refractivity contribution >= 4 is 29.9 Å². The molecular formula is C16H26IN3O.